The van der Waals surface area contributed by atoms with Crippen molar-refractivity contribution in [3.8, 4) is 11.5 Å². The van der Waals surface area contributed by atoms with E-state index in [2.05, 4.69) is 15.0 Å². The Morgan fingerprint density at radius 1 is 0.900 bits per heavy atom. The van der Waals surface area contributed by atoms with Gasteiger partial charge in [0, 0.05) is 27.4 Å². The van der Waals surface area contributed by atoms with E-state index in [1.807, 2.05) is 0 Å². The lowest BCUT2D eigenvalue weighted by atomic mass is 10.1. The van der Waals surface area contributed by atoms with Crippen molar-refractivity contribution >= 4 is 43.0 Å². The summed E-state index contributed by atoms with van der Waals surface area (Å²) < 4.78 is 31.5. The second-order valence-corrected chi connectivity index (χ2v) is 7.74. The van der Waals surface area contributed by atoms with Gasteiger partial charge in [0.15, 0.2) is 10.7 Å². The van der Waals surface area contributed by atoms with Crippen LogP contribution in [0.15, 0.2) is 76.7 Å². The van der Waals surface area contributed by atoms with E-state index in [0.29, 0.717) is 16.5 Å². The van der Waals surface area contributed by atoms with E-state index in [4.69, 9.17) is 15.1 Å². The van der Waals surface area contributed by atoms with Gasteiger partial charge in [-0.3, -0.25) is 0 Å². The van der Waals surface area contributed by atoms with Crippen LogP contribution in [0.5, 0.6) is 11.5 Å². The molecular formula is C20H11N5O4S. The monoisotopic (exact) mass is 417 g/mol. The van der Waals surface area contributed by atoms with Crippen LogP contribution in [0.25, 0.3) is 37.0 Å². The fraction of sp³-hybridized carbons (Fsp3) is 0. The molecule has 4 rings (SSSR count). The molecule has 10 heteroatoms. The summed E-state index contributed by atoms with van der Waals surface area (Å²) in [5, 5.41) is 26.1. The lowest BCUT2D eigenvalue weighted by Gasteiger charge is -2.13. The van der Waals surface area contributed by atoms with E-state index in [9.17, 15) is 13.5 Å². The molecule has 30 heavy (non-hydrogen) atoms. The highest BCUT2D eigenvalue weighted by molar-refractivity contribution is 7.87. The number of nitrogens with zero attached hydrogens (tertiary/aromatic N) is 5. The van der Waals surface area contributed by atoms with Gasteiger partial charge in [-0.1, -0.05) is 47.6 Å². The van der Waals surface area contributed by atoms with E-state index in [0.717, 1.165) is 0 Å². The average molecular weight is 417 g/mol. The van der Waals surface area contributed by atoms with Crippen molar-refractivity contribution in [3.63, 3.8) is 0 Å². The Morgan fingerprint density at radius 3 is 2.37 bits per heavy atom. The zero-order chi connectivity index (χ0) is 21.3. The van der Waals surface area contributed by atoms with Crippen molar-refractivity contribution in [2.45, 2.75) is 4.90 Å². The van der Waals surface area contributed by atoms with Gasteiger partial charge in [-0.15, -0.1) is 0 Å². The summed E-state index contributed by atoms with van der Waals surface area (Å²) in [5.74, 6) is -0.556. The lowest BCUT2D eigenvalue weighted by molar-refractivity contribution is -0.264. The van der Waals surface area contributed by atoms with Gasteiger partial charge in [-0.25, -0.2) is 0 Å². The maximum atomic E-state index is 13.1. The molecule has 0 aliphatic heterocycles. The molecule has 0 aromatic heterocycles. The minimum Gasteiger partial charge on any atom is -0.867 e. The average Bonchev–Trinajstić information content (AvgIpc) is 2.74. The number of hydrogen-bond acceptors (Lipinski definition) is 6. The Kier molecular flexibility index (Phi) is 4.60. The Morgan fingerprint density at radius 2 is 1.60 bits per heavy atom. The zero-order valence-electron chi connectivity index (χ0n) is 15.1. The first-order valence-corrected chi connectivity index (χ1v) is 9.96. The highest BCUT2D eigenvalue weighted by atomic mass is 32.2. The predicted octanol–water partition coefficient (Wildman–Crippen LogP) is 5.26. The molecule has 0 aliphatic carbocycles. The van der Waals surface area contributed by atoms with Crippen molar-refractivity contribution < 1.29 is 17.7 Å². The first-order chi connectivity index (χ1) is 14.5. The molecule has 0 atom stereocenters. The molecule has 4 aromatic rings. The van der Waals surface area contributed by atoms with Crippen LogP contribution < -0.4 is 9.29 Å². The Labute approximate surface area is 170 Å². The molecule has 0 N–H and O–H groups in total. The van der Waals surface area contributed by atoms with Crippen molar-refractivity contribution in [3.05, 3.63) is 82.1 Å². The minimum absolute atomic E-state index is 0.0452. The third-order valence-electron chi connectivity index (χ3n) is 4.54. The summed E-state index contributed by atoms with van der Waals surface area (Å²) in [7, 11) is -4.33. The molecular weight excluding hydrogens is 406 g/mol. The predicted molar refractivity (Wildman–Crippen MR) is 109 cm³/mol. The third-order valence-corrected chi connectivity index (χ3v) is 5.83. The molecule has 0 amide bonds. The van der Waals surface area contributed by atoms with Gasteiger partial charge < -0.3 is 9.29 Å². The van der Waals surface area contributed by atoms with Gasteiger partial charge in [-0.2, -0.15) is 8.42 Å². The smallest absolute Gasteiger partial charge is 0.378 e. The fourth-order valence-corrected chi connectivity index (χ4v) is 4.39. The first kappa shape index (κ1) is 19.0. The van der Waals surface area contributed by atoms with E-state index in [1.54, 1.807) is 30.3 Å². The summed E-state index contributed by atoms with van der Waals surface area (Å²) in [6, 6.07) is 16.4. The minimum atomic E-state index is -4.33. The topological polar surface area (TPSA) is 143 Å². The van der Waals surface area contributed by atoms with Gasteiger partial charge in [0.2, 0.25) is 5.39 Å². The second kappa shape index (κ2) is 7.25. The summed E-state index contributed by atoms with van der Waals surface area (Å²) in [6.45, 7) is 0. The maximum absolute atomic E-state index is 13.1. The largest absolute Gasteiger partial charge is 0.867 e. The van der Waals surface area contributed by atoms with E-state index < -0.39 is 15.9 Å². The lowest BCUT2D eigenvalue weighted by Crippen LogP contribution is -2.10. The molecule has 0 spiro atoms. The molecule has 0 radical (unpaired) electrons. The number of hydrogen-bond donors (Lipinski definition) is 0. The van der Waals surface area contributed by atoms with Gasteiger partial charge in [0.25, 0.3) is 0 Å². The molecule has 9 nitrogen and oxygen atoms in total. The Bertz CT molecular complexity index is 1520. The van der Waals surface area contributed by atoms with E-state index in [1.165, 1.54) is 36.4 Å². The molecule has 0 saturated heterocycles. The number of azide groups is 1. The number of fused-ring (bicyclic) bond motifs is 2. The molecule has 0 heterocycles. The van der Waals surface area contributed by atoms with Crippen LogP contribution in [0, 0.1) is 5.39 Å². The van der Waals surface area contributed by atoms with Crippen LogP contribution in [0.2, 0.25) is 0 Å². The fourth-order valence-electron chi connectivity index (χ4n) is 3.22. The second-order valence-electron chi connectivity index (χ2n) is 6.22. The Hall–Kier alpha value is -4.32. The van der Waals surface area contributed by atoms with Crippen LogP contribution in [-0.4, -0.2) is 8.42 Å². The first-order valence-electron chi connectivity index (χ1n) is 8.55. The van der Waals surface area contributed by atoms with Crippen LogP contribution in [0.1, 0.15) is 0 Å². The number of diazo groups is 1. The SMILES string of the molecule is N#[N+]c1ccc2c(S(=O)(=O)Oc3cccc4c(N=[N+]=[N-])cccc34)cccc2c1[O-]. The van der Waals surface area contributed by atoms with Crippen molar-refractivity contribution in [1.29, 1.82) is 5.39 Å². The molecule has 0 unspecified atom stereocenters. The standard InChI is InChI=1S/C20H11N5O4S/c21-23-17-11-10-14-15(20(17)26)6-3-9-19(14)30(27,28)29-18-8-2-4-12-13(18)5-1-7-16(12)24-25-22/h1-11H. The third kappa shape index (κ3) is 3.10. The number of benzene rings is 4. The van der Waals surface area contributed by atoms with Gasteiger partial charge in [0.1, 0.15) is 4.90 Å². The van der Waals surface area contributed by atoms with Crippen molar-refractivity contribution in [2.24, 2.45) is 5.11 Å². The van der Waals surface area contributed by atoms with Crippen molar-refractivity contribution in [2.75, 3.05) is 0 Å². The highest BCUT2D eigenvalue weighted by Gasteiger charge is 2.22. The molecule has 0 fully saturated rings. The zero-order valence-corrected chi connectivity index (χ0v) is 15.9. The van der Waals surface area contributed by atoms with Gasteiger partial charge in [0.05, 0.1) is 0 Å². The van der Waals surface area contributed by atoms with Gasteiger partial charge in [-0.05, 0) is 40.3 Å². The summed E-state index contributed by atoms with van der Waals surface area (Å²) in [6.07, 6.45) is 0. The van der Waals surface area contributed by atoms with Crippen molar-refractivity contribution in [1.82, 2.24) is 0 Å². The maximum Gasteiger partial charge on any atom is 0.378 e. The van der Waals surface area contributed by atoms with Gasteiger partial charge >= 0.3 is 15.8 Å². The molecule has 146 valence electrons. The normalized spacial score (nSPS) is 11.0. The summed E-state index contributed by atoms with van der Waals surface area (Å²) >= 11 is 0. The number of rotatable bonds is 4. The van der Waals surface area contributed by atoms with Crippen LogP contribution >= 0.6 is 0 Å². The molecule has 0 saturated carbocycles. The molecule has 0 bridgehead atoms. The highest BCUT2D eigenvalue weighted by Crippen LogP contribution is 2.37. The molecule has 4 aromatic carbocycles. The Balaban J connectivity index is 1.87. The van der Waals surface area contributed by atoms with Crippen LogP contribution in [0.4, 0.5) is 11.4 Å². The van der Waals surface area contributed by atoms with Crippen LogP contribution in [0.3, 0.4) is 0 Å². The quantitative estimate of drug-likeness (QED) is 0.146. The van der Waals surface area contributed by atoms with E-state index in [-0.39, 0.29) is 27.1 Å². The van der Waals surface area contributed by atoms with Crippen LogP contribution in [-0.2, 0) is 10.1 Å². The summed E-state index contributed by atoms with van der Waals surface area (Å²) in [4.78, 5) is 5.48. The molecule has 0 aliphatic rings. The summed E-state index contributed by atoms with van der Waals surface area (Å²) in [5.41, 5.74) is 8.86. The van der Waals surface area contributed by atoms with E-state index >= 15 is 0 Å².